The van der Waals surface area contributed by atoms with Crippen LogP contribution >= 0.6 is 0 Å². The number of unbranched alkanes of at least 4 members (excludes halogenated alkanes) is 16. The van der Waals surface area contributed by atoms with Crippen molar-refractivity contribution in [1.82, 2.24) is 0 Å². The van der Waals surface area contributed by atoms with Crippen LogP contribution in [0, 0.1) is 0 Å². The quantitative estimate of drug-likeness (QED) is 0.106. The maximum atomic E-state index is 12.4. The van der Waals surface area contributed by atoms with Gasteiger partial charge in [0.2, 0.25) is 0 Å². The van der Waals surface area contributed by atoms with Crippen LogP contribution in [0.1, 0.15) is 139 Å². The van der Waals surface area contributed by atoms with Gasteiger partial charge in [0.15, 0.2) is 5.78 Å². The highest BCUT2D eigenvalue weighted by molar-refractivity contribution is 6.03. The molecule has 1 aliphatic rings. The minimum atomic E-state index is 0.159. The third kappa shape index (κ3) is 11.5. The minimum Gasteiger partial charge on any atom is -0.486 e. The molecule has 0 radical (unpaired) electrons. The van der Waals surface area contributed by atoms with Gasteiger partial charge in [-0.15, -0.1) is 0 Å². The Bertz CT molecular complexity index is 1260. The number of hydrogen-bond acceptors (Lipinski definition) is 3. The van der Waals surface area contributed by atoms with E-state index >= 15 is 0 Å². The number of Topliss-reactive ketones (excluding diaryl/α,β-unsaturated/α-hetero) is 1. The number of ether oxygens (including phenoxy) is 1. The first kappa shape index (κ1) is 34.5. The second-order valence-electron chi connectivity index (χ2n) is 13.0. The van der Waals surface area contributed by atoms with E-state index in [4.69, 9.17) is 4.74 Å². The highest BCUT2D eigenvalue weighted by Gasteiger charge is 2.23. The summed E-state index contributed by atoms with van der Waals surface area (Å²) >= 11 is 0. The standard InChI is InChI=1S/C42H57NO2/c1-3-4-5-6-7-8-9-10-11-12-13-14-15-16-17-18-19-24-36(44)34-45-37-31-29-35(30-32-37)33-40-38-25-20-22-27-41(38)43(2)42-28-23-21-26-39(40)42/h20-23,25-33H,3-19,24,34H2,1-2H3. The average molecular weight is 608 g/mol. The fourth-order valence-electron chi connectivity index (χ4n) is 6.53. The Kier molecular flexibility index (Phi) is 15.3. The fraction of sp³-hybridized carbons (Fsp3) is 0.500. The minimum absolute atomic E-state index is 0.159. The third-order valence-corrected chi connectivity index (χ3v) is 9.26. The molecule has 4 rings (SSSR count). The van der Waals surface area contributed by atoms with Gasteiger partial charge in [-0.25, -0.2) is 0 Å². The Hall–Kier alpha value is -3.33. The topological polar surface area (TPSA) is 29.5 Å². The van der Waals surface area contributed by atoms with E-state index < -0.39 is 0 Å². The lowest BCUT2D eigenvalue weighted by Crippen LogP contribution is -2.17. The molecule has 3 aromatic carbocycles. The molecule has 0 fully saturated rings. The number of para-hydroxylation sites is 2. The first-order valence-corrected chi connectivity index (χ1v) is 18.1. The van der Waals surface area contributed by atoms with E-state index in [1.165, 1.54) is 124 Å². The van der Waals surface area contributed by atoms with E-state index in [0.29, 0.717) is 6.42 Å². The molecule has 0 aliphatic carbocycles. The SMILES string of the molecule is CCCCCCCCCCCCCCCCCCCC(=O)COc1ccc(C=C2c3ccccc3N(C)c3ccccc32)cc1. The molecule has 0 saturated carbocycles. The lowest BCUT2D eigenvalue weighted by Gasteiger charge is -2.31. The van der Waals surface area contributed by atoms with Crippen LogP contribution in [0.5, 0.6) is 5.75 Å². The van der Waals surface area contributed by atoms with Gasteiger partial charge in [-0.2, -0.15) is 0 Å². The molecule has 242 valence electrons. The van der Waals surface area contributed by atoms with Gasteiger partial charge in [0.25, 0.3) is 0 Å². The molecule has 0 N–H and O–H groups in total. The Morgan fingerprint density at radius 2 is 1.04 bits per heavy atom. The van der Waals surface area contributed by atoms with Crippen molar-refractivity contribution in [3.8, 4) is 5.75 Å². The Morgan fingerprint density at radius 1 is 0.600 bits per heavy atom. The number of hydrogen-bond donors (Lipinski definition) is 0. The number of benzene rings is 3. The predicted octanol–water partition coefficient (Wildman–Crippen LogP) is 12.3. The molecule has 1 heterocycles. The van der Waals surface area contributed by atoms with Gasteiger partial charge in [-0.3, -0.25) is 4.79 Å². The van der Waals surface area contributed by atoms with E-state index in [1.54, 1.807) is 0 Å². The molecule has 45 heavy (non-hydrogen) atoms. The van der Waals surface area contributed by atoms with Crippen molar-refractivity contribution in [3.05, 3.63) is 89.5 Å². The summed E-state index contributed by atoms with van der Waals surface area (Å²) in [5, 5.41) is 0. The van der Waals surface area contributed by atoms with Crippen molar-refractivity contribution in [2.45, 2.75) is 122 Å². The van der Waals surface area contributed by atoms with Gasteiger partial charge in [0.1, 0.15) is 12.4 Å². The smallest absolute Gasteiger partial charge is 0.170 e. The second-order valence-corrected chi connectivity index (χ2v) is 13.0. The lowest BCUT2D eigenvalue weighted by molar-refractivity contribution is -0.121. The van der Waals surface area contributed by atoms with Crippen LogP contribution in [0.2, 0.25) is 0 Å². The van der Waals surface area contributed by atoms with Crippen LogP contribution in [0.3, 0.4) is 0 Å². The molecule has 0 amide bonds. The highest BCUT2D eigenvalue weighted by atomic mass is 16.5. The average Bonchev–Trinajstić information content (AvgIpc) is 3.07. The Balaban J connectivity index is 1.06. The fourth-order valence-corrected chi connectivity index (χ4v) is 6.53. The monoisotopic (exact) mass is 607 g/mol. The lowest BCUT2D eigenvalue weighted by atomic mass is 9.89. The van der Waals surface area contributed by atoms with Gasteiger partial charge in [-0.05, 0) is 47.9 Å². The van der Waals surface area contributed by atoms with E-state index in [1.807, 2.05) is 12.1 Å². The molecule has 0 unspecified atom stereocenters. The Morgan fingerprint density at radius 3 is 1.53 bits per heavy atom. The molecule has 0 atom stereocenters. The van der Waals surface area contributed by atoms with Crippen molar-refractivity contribution >= 4 is 28.8 Å². The zero-order valence-corrected chi connectivity index (χ0v) is 28.2. The first-order chi connectivity index (χ1) is 22.2. The van der Waals surface area contributed by atoms with E-state index in [0.717, 1.165) is 24.2 Å². The third-order valence-electron chi connectivity index (χ3n) is 9.26. The maximum absolute atomic E-state index is 12.4. The number of anilines is 2. The van der Waals surface area contributed by atoms with Gasteiger partial charge in [0, 0.05) is 36.0 Å². The molecule has 3 aromatic rings. The van der Waals surface area contributed by atoms with Gasteiger partial charge in [-0.1, -0.05) is 158 Å². The number of nitrogens with zero attached hydrogens (tertiary/aromatic N) is 1. The largest absolute Gasteiger partial charge is 0.486 e. The number of carbonyl (C=O) groups excluding carboxylic acids is 1. The van der Waals surface area contributed by atoms with E-state index in [9.17, 15) is 4.79 Å². The maximum Gasteiger partial charge on any atom is 0.170 e. The molecular weight excluding hydrogens is 550 g/mol. The van der Waals surface area contributed by atoms with Gasteiger partial charge >= 0.3 is 0 Å². The summed E-state index contributed by atoms with van der Waals surface area (Å²) in [6.45, 7) is 2.45. The van der Waals surface area contributed by atoms with Crippen molar-refractivity contribution in [2.24, 2.45) is 0 Å². The molecule has 0 saturated heterocycles. The van der Waals surface area contributed by atoms with Crippen LogP contribution in [0.4, 0.5) is 11.4 Å². The summed E-state index contributed by atoms with van der Waals surface area (Å²) < 4.78 is 5.85. The Labute approximate surface area is 274 Å². The predicted molar refractivity (Wildman–Crippen MR) is 194 cm³/mol. The van der Waals surface area contributed by atoms with Crippen molar-refractivity contribution in [2.75, 3.05) is 18.6 Å². The summed E-state index contributed by atoms with van der Waals surface area (Å²) in [5.74, 6) is 0.943. The van der Waals surface area contributed by atoms with Crippen LogP contribution in [-0.2, 0) is 4.79 Å². The molecule has 0 aromatic heterocycles. The normalized spacial score (nSPS) is 12.1. The van der Waals surface area contributed by atoms with E-state index in [-0.39, 0.29) is 12.4 Å². The number of fused-ring (bicyclic) bond motifs is 2. The molecule has 3 heteroatoms. The molecule has 0 spiro atoms. The molecule has 1 aliphatic heterocycles. The number of carbonyl (C=O) groups is 1. The van der Waals surface area contributed by atoms with Crippen LogP contribution in [0.15, 0.2) is 72.8 Å². The molecule has 0 bridgehead atoms. The zero-order chi connectivity index (χ0) is 31.5. The van der Waals surface area contributed by atoms with Crippen LogP contribution in [-0.4, -0.2) is 19.4 Å². The molecule has 3 nitrogen and oxygen atoms in total. The summed E-state index contributed by atoms with van der Waals surface area (Å²) in [5.41, 5.74) is 7.21. The first-order valence-electron chi connectivity index (χ1n) is 18.1. The van der Waals surface area contributed by atoms with Gasteiger partial charge < -0.3 is 9.64 Å². The molecular formula is C42H57NO2. The van der Waals surface area contributed by atoms with Crippen LogP contribution < -0.4 is 9.64 Å². The van der Waals surface area contributed by atoms with Crippen molar-refractivity contribution in [3.63, 3.8) is 0 Å². The highest BCUT2D eigenvalue weighted by Crippen LogP contribution is 2.44. The second kappa shape index (κ2) is 19.9. The number of ketones is 1. The van der Waals surface area contributed by atoms with Crippen molar-refractivity contribution < 1.29 is 9.53 Å². The van der Waals surface area contributed by atoms with E-state index in [2.05, 4.69) is 85.6 Å². The zero-order valence-electron chi connectivity index (χ0n) is 28.2. The van der Waals surface area contributed by atoms with Gasteiger partial charge in [0.05, 0.1) is 0 Å². The van der Waals surface area contributed by atoms with Crippen LogP contribution in [0.25, 0.3) is 11.6 Å². The number of rotatable bonds is 22. The summed E-state index contributed by atoms with van der Waals surface area (Å²) in [6.07, 6.45) is 25.9. The van der Waals surface area contributed by atoms with Crippen molar-refractivity contribution in [1.29, 1.82) is 0 Å². The summed E-state index contributed by atoms with van der Waals surface area (Å²) in [6, 6.07) is 25.2. The summed E-state index contributed by atoms with van der Waals surface area (Å²) in [4.78, 5) is 14.7. The summed E-state index contributed by atoms with van der Waals surface area (Å²) in [7, 11) is 2.13.